The Kier molecular flexibility index (Phi) is 3.10. The summed E-state index contributed by atoms with van der Waals surface area (Å²) in [6, 6.07) is 5.71. The Hall–Kier alpha value is -1.55. The fourth-order valence-electron chi connectivity index (χ4n) is 1.96. The first-order valence-electron chi connectivity index (χ1n) is 5.29. The normalized spacial score (nSPS) is 18.5. The second kappa shape index (κ2) is 4.53. The Morgan fingerprint density at radius 2 is 2.44 bits per heavy atom. The van der Waals surface area contributed by atoms with Crippen molar-refractivity contribution < 1.29 is 14.3 Å². The Labute approximate surface area is 94.3 Å². The number of benzene rings is 1. The second-order valence-corrected chi connectivity index (χ2v) is 3.79. The molecule has 0 aromatic heterocycles. The molecule has 1 heterocycles. The standard InChI is InChI=1S/C12H15NO3/c1-15-12(14)9-4-5-16-11-3-2-8(7-13)6-10(9)11/h2-3,6,9H,4-5,7,13H2,1H3/t9-/m1/s1. The molecule has 2 rings (SSSR count). The third-order valence-corrected chi connectivity index (χ3v) is 2.84. The zero-order valence-corrected chi connectivity index (χ0v) is 9.23. The van der Waals surface area contributed by atoms with Crippen molar-refractivity contribution in [3.8, 4) is 5.75 Å². The van der Waals surface area contributed by atoms with E-state index in [-0.39, 0.29) is 11.9 Å². The highest BCUT2D eigenvalue weighted by atomic mass is 16.5. The summed E-state index contributed by atoms with van der Waals surface area (Å²) >= 11 is 0. The number of esters is 1. The van der Waals surface area contributed by atoms with Crippen molar-refractivity contribution in [2.45, 2.75) is 18.9 Å². The summed E-state index contributed by atoms with van der Waals surface area (Å²) in [5.74, 6) is 0.331. The van der Waals surface area contributed by atoms with Crippen molar-refractivity contribution in [1.82, 2.24) is 0 Å². The number of ether oxygens (including phenoxy) is 2. The van der Waals surface area contributed by atoms with Gasteiger partial charge in [0.2, 0.25) is 0 Å². The zero-order chi connectivity index (χ0) is 11.5. The molecular weight excluding hydrogens is 206 g/mol. The van der Waals surface area contributed by atoms with Crippen LogP contribution in [0, 0.1) is 0 Å². The molecule has 0 unspecified atom stereocenters. The minimum absolute atomic E-state index is 0.210. The summed E-state index contributed by atoms with van der Waals surface area (Å²) in [4.78, 5) is 11.6. The first kappa shape index (κ1) is 11.0. The van der Waals surface area contributed by atoms with E-state index in [4.69, 9.17) is 15.2 Å². The highest BCUT2D eigenvalue weighted by molar-refractivity contribution is 5.79. The quantitative estimate of drug-likeness (QED) is 0.762. The van der Waals surface area contributed by atoms with Gasteiger partial charge in [0.1, 0.15) is 5.75 Å². The molecule has 0 bridgehead atoms. The molecule has 1 aromatic carbocycles. The molecule has 1 aliphatic rings. The first-order chi connectivity index (χ1) is 7.76. The molecule has 0 aliphatic carbocycles. The topological polar surface area (TPSA) is 61.5 Å². The smallest absolute Gasteiger partial charge is 0.313 e. The number of methoxy groups -OCH3 is 1. The summed E-state index contributed by atoms with van der Waals surface area (Å²) in [5.41, 5.74) is 7.47. The Balaban J connectivity index is 2.39. The number of carbonyl (C=O) groups excluding carboxylic acids is 1. The van der Waals surface area contributed by atoms with Gasteiger partial charge in [0.25, 0.3) is 0 Å². The molecule has 0 saturated carbocycles. The molecule has 0 saturated heterocycles. The number of hydrogen-bond acceptors (Lipinski definition) is 4. The average molecular weight is 221 g/mol. The predicted molar refractivity (Wildman–Crippen MR) is 59.2 cm³/mol. The van der Waals surface area contributed by atoms with Crippen molar-refractivity contribution in [1.29, 1.82) is 0 Å². The van der Waals surface area contributed by atoms with E-state index in [0.29, 0.717) is 19.6 Å². The highest BCUT2D eigenvalue weighted by Gasteiger charge is 2.28. The second-order valence-electron chi connectivity index (χ2n) is 3.79. The van der Waals surface area contributed by atoms with Gasteiger partial charge >= 0.3 is 5.97 Å². The van der Waals surface area contributed by atoms with Crippen LogP contribution in [-0.4, -0.2) is 19.7 Å². The van der Waals surface area contributed by atoms with E-state index in [2.05, 4.69) is 0 Å². The van der Waals surface area contributed by atoms with Gasteiger partial charge in [-0.1, -0.05) is 6.07 Å². The number of carbonyl (C=O) groups is 1. The van der Waals surface area contributed by atoms with E-state index in [1.165, 1.54) is 7.11 Å². The lowest BCUT2D eigenvalue weighted by molar-refractivity contribution is -0.143. The van der Waals surface area contributed by atoms with E-state index in [0.717, 1.165) is 16.9 Å². The third-order valence-electron chi connectivity index (χ3n) is 2.84. The average Bonchev–Trinajstić information content (AvgIpc) is 2.36. The molecular formula is C12H15NO3. The maximum absolute atomic E-state index is 11.6. The number of rotatable bonds is 2. The number of hydrogen-bond donors (Lipinski definition) is 1. The summed E-state index contributed by atoms with van der Waals surface area (Å²) in [6.45, 7) is 1.01. The fraction of sp³-hybridized carbons (Fsp3) is 0.417. The van der Waals surface area contributed by atoms with Gasteiger partial charge in [-0.15, -0.1) is 0 Å². The van der Waals surface area contributed by atoms with E-state index in [1.807, 2.05) is 18.2 Å². The van der Waals surface area contributed by atoms with Crippen LogP contribution in [0.5, 0.6) is 5.75 Å². The number of fused-ring (bicyclic) bond motifs is 1. The van der Waals surface area contributed by atoms with Gasteiger partial charge in [-0.2, -0.15) is 0 Å². The van der Waals surface area contributed by atoms with Crippen LogP contribution >= 0.6 is 0 Å². The Morgan fingerprint density at radius 3 is 3.12 bits per heavy atom. The molecule has 0 spiro atoms. The molecule has 0 radical (unpaired) electrons. The van der Waals surface area contributed by atoms with Gasteiger partial charge in [0.05, 0.1) is 19.6 Å². The molecule has 86 valence electrons. The zero-order valence-electron chi connectivity index (χ0n) is 9.23. The maximum Gasteiger partial charge on any atom is 0.313 e. The monoisotopic (exact) mass is 221 g/mol. The minimum atomic E-state index is -0.222. The maximum atomic E-state index is 11.6. The minimum Gasteiger partial charge on any atom is -0.493 e. The molecule has 4 heteroatoms. The molecule has 0 amide bonds. The van der Waals surface area contributed by atoms with Gasteiger partial charge in [-0.05, 0) is 24.1 Å². The van der Waals surface area contributed by atoms with Gasteiger partial charge < -0.3 is 15.2 Å². The SMILES string of the molecule is COC(=O)[C@@H]1CCOc2ccc(CN)cc21. The van der Waals surface area contributed by atoms with Crippen LogP contribution < -0.4 is 10.5 Å². The Bertz CT molecular complexity index is 403. The Morgan fingerprint density at radius 1 is 1.62 bits per heavy atom. The lowest BCUT2D eigenvalue weighted by atomic mass is 9.92. The number of nitrogens with two attached hydrogens (primary N) is 1. The summed E-state index contributed by atoms with van der Waals surface area (Å²) in [7, 11) is 1.41. The lowest BCUT2D eigenvalue weighted by Gasteiger charge is -2.24. The van der Waals surface area contributed by atoms with Crippen molar-refractivity contribution in [2.75, 3.05) is 13.7 Å². The summed E-state index contributed by atoms with van der Waals surface area (Å²) in [5, 5.41) is 0. The van der Waals surface area contributed by atoms with Gasteiger partial charge in [0, 0.05) is 12.1 Å². The van der Waals surface area contributed by atoms with Crippen molar-refractivity contribution in [2.24, 2.45) is 5.73 Å². The largest absolute Gasteiger partial charge is 0.493 e. The first-order valence-corrected chi connectivity index (χ1v) is 5.29. The molecule has 0 fully saturated rings. The molecule has 1 atom stereocenters. The van der Waals surface area contributed by atoms with Crippen LogP contribution in [0.1, 0.15) is 23.5 Å². The molecule has 16 heavy (non-hydrogen) atoms. The van der Waals surface area contributed by atoms with Crippen molar-refractivity contribution >= 4 is 5.97 Å². The van der Waals surface area contributed by atoms with Crippen LogP contribution in [0.15, 0.2) is 18.2 Å². The molecule has 1 aliphatic heterocycles. The van der Waals surface area contributed by atoms with E-state index < -0.39 is 0 Å². The van der Waals surface area contributed by atoms with E-state index in [9.17, 15) is 4.79 Å². The van der Waals surface area contributed by atoms with E-state index >= 15 is 0 Å². The summed E-state index contributed by atoms with van der Waals surface area (Å²) in [6.07, 6.45) is 0.660. The van der Waals surface area contributed by atoms with Gasteiger partial charge in [-0.3, -0.25) is 4.79 Å². The molecule has 1 aromatic rings. The van der Waals surface area contributed by atoms with E-state index in [1.54, 1.807) is 0 Å². The lowest BCUT2D eigenvalue weighted by Crippen LogP contribution is -2.22. The van der Waals surface area contributed by atoms with Crippen LogP contribution in [0.2, 0.25) is 0 Å². The van der Waals surface area contributed by atoms with Crippen molar-refractivity contribution in [3.05, 3.63) is 29.3 Å². The van der Waals surface area contributed by atoms with Crippen LogP contribution in [0.3, 0.4) is 0 Å². The summed E-state index contributed by atoms with van der Waals surface area (Å²) < 4.78 is 10.3. The third kappa shape index (κ3) is 1.88. The fourth-order valence-corrected chi connectivity index (χ4v) is 1.96. The molecule has 2 N–H and O–H groups in total. The van der Waals surface area contributed by atoms with Gasteiger partial charge in [-0.25, -0.2) is 0 Å². The molecule has 4 nitrogen and oxygen atoms in total. The van der Waals surface area contributed by atoms with Gasteiger partial charge in [0.15, 0.2) is 0 Å². The highest BCUT2D eigenvalue weighted by Crippen LogP contribution is 2.34. The van der Waals surface area contributed by atoms with Crippen molar-refractivity contribution in [3.63, 3.8) is 0 Å². The van der Waals surface area contributed by atoms with Crippen LogP contribution in [0.25, 0.3) is 0 Å². The predicted octanol–water partition coefficient (Wildman–Crippen LogP) is 1.18. The van der Waals surface area contributed by atoms with Crippen LogP contribution in [0.4, 0.5) is 0 Å². The van der Waals surface area contributed by atoms with Crippen LogP contribution in [-0.2, 0) is 16.1 Å².